The zero-order valence-electron chi connectivity index (χ0n) is 9.27. The van der Waals surface area contributed by atoms with Gasteiger partial charge in [0.25, 0.3) is 0 Å². The van der Waals surface area contributed by atoms with Crippen molar-refractivity contribution in [1.29, 1.82) is 0 Å². The fraction of sp³-hybridized carbons (Fsp3) is 0.167. The Labute approximate surface area is 99.1 Å². The minimum Gasteiger partial charge on any atom is -0.478 e. The molecule has 1 aromatic carbocycles. The van der Waals surface area contributed by atoms with Gasteiger partial charge in [0.15, 0.2) is 0 Å². The molecule has 0 bridgehead atoms. The molecule has 0 spiro atoms. The van der Waals surface area contributed by atoms with Gasteiger partial charge in [-0.3, -0.25) is 4.79 Å². The molecule has 3 N–H and O–H groups in total. The highest BCUT2D eigenvalue weighted by Crippen LogP contribution is 2.10. The van der Waals surface area contributed by atoms with Crippen molar-refractivity contribution in [1.82, 2.24) is 5.32 Å². The third-order valence-corrected chi connectivity index (χ3v) is 1.97. The van der Waals surface area contributed by atoms with Gasteiger partial charge in [-0.05, 0) is 18.2 Å². The van der Waals surface area contributed by atoms with E-state index >= 15 is 0 Å². The third kappa shape index (κ3) is 4.48. The van der Waals surface area contributed by atoms with E-state index < -0.39 is 5.97 Å². The molecule has 0 heterocycles. The molecule has 1 aromatic rings. The summed E-state index contributed by atoms with van der Waals surface area (Å²) >= 11 is 0. The lowest BCUT2D eigenvalue weighted by Gasteiger charge is -2.06. The maximum atomic E-state index is 11.4. The molecule has 90 valence electrons. The number of carboxylic acids is 1. The number of aromatic carboxylic acids is 1. The van der Waals surface area contributed by atoms with E-state index in [0.29, 0.717) is 12.2 Å². The van der Waals surface area contributed by atoms with Gasteiger partial charge in [0.1, 0.15) is 0 Å². The van der Waals surface area contributed by atoms with E-state index in [9.17, 15) is 9.59 Å². The van der Waals surface area contributed by atoms with Crippen molar-refractivity contribution < 1.29 is 14.7 Å². The van der Waals surface area contributed by atoms with Gasteiger partial charge in [-0.25, -0.2) is 4.79 Å². The molecule has 5 nitrogen and oxygen atoms in total. The average molecular weight is 234 g/mol. The smallest absolute Gasteiger partial charge is 0.335 e. The van der Waals surface area contributed by atoms with Crippen LogP contribution in [-0.4, -0.2) is 30.1 Å². The summed E-state index contributed by atoms with van der Waals surface area (Å²) in [5.74, 6) is -1.25. The second kappa shape index (κ2) is 6.44. The predicted octanol–water partition coefficient (Wildman–Crippen LogP) is 1.10. The Balaban J connectivity index is 2.56. The average Bonchev–Trinajstić information content (AvgIpc) is 2.29. The van der Waals surface area contributed by atoms with Crippen molar-refractivity contribution in [2.75, 3.05) is 18.4 Å². The van der Waals surface area contributed by atoms with Gasteiger partial charge in [0.2, 0.25) is 5.91 Å². The number of carboxylic acid groups (broad SMARTS) is 1. The molecular weight excluding hydrogens is 220 g/mol. The molecule has 0 radical (unpaired) electrons. The third-order valence-electron chi connectivity index (χ3n) is 1.97. The lowest BCUT2D eigenvalue weighted by Crippen LogP contribution is -2.28. The normalized spacial score (nSPS) is 9.65. The Morgan fingerprint density at radius 3 is 2.82 bits per heavy atom. The number of benzene rings is 1. The molecule has 5 heteroatoms. The lowest BCUT2D eigenvalue weighted by molar-refractivity contribution is -0.115. The number of carbonyl (C=O) groups excluding carboxylic acids is 1. The van der Waals surface area contributed by atoms with E-state index in [1.54, 1.807) is 18.2 Å². The summed E-state index contributed by atoms with van der Waals surface area (Å²) in [6.45, 7) is 4.21. The molecule has 0 aliphatic rings. The summed E-state index contributed by atoms with van der Waals surface area (Å²) in [6.07, 6.45) is 1.65. The van der Waals surface area contributed by atoms with Crippen molar-refractivity contribution >= 4 is 17.6 Å². The Morgan fingerprint density at radius 2 is 2.18 bits per heavy atom. The zero-order chi connectivity index (χ0) is 12.7. The fourth-order valence-corrected chi connectivity index (χ4v) is 1.22. The van der Waals surface area contributed by atoms with Crippen LogP contribution in [0.4, 0.5) is 5.69 Å². The van der Waals surface area contributed by atoms with Crippen LogP contribution in [0.2, 0.25) is 0 Å². The van der Waals surface area contributed by atoms with Crippen LogP contribution < -0.4 is 10.6 Å². The van der Waals surface area contributed by atoms with Crippen LogP contribution in [0.5, 0.6) is 0 Å². The summed E-state index contributed by atoms with van der Waals surface area (Å²) in [7, 11) is 0. The van der Waals surface area contributed by atoms with Gasteiger partial charge in [-0.1, -0.05) is 12.1 Å². The molecule has 0 unspecified atom stereocenters. The first-order valence-electron chi connectivity index (χ1n) is 5.08. The van der Waals surface area contributed by atoms with Crippen molar-refractivity contribution in [3.8, 4) is 0 Å². The molecular formula is C12H14N2O3. The van der Waals surface area contributed by atoms with Gasteiger partial charge in [0.05, 0.1) is 12.1 Å². The van der Waals surface area contributed by atoms with E-state index in [1.807, 2.05) is 0 Å². The van der Waals surface area contributed by atoms with E-state index in [1.165, 1.54) is 12.1 Å². The van der Waals surface area contributed by atoms with Gasteiger partial charge in [-0.2, -0.15) is 0 Å². The maximum absolute atomic E-state index is 11.4. The standard InChI is InChI=1S/C12H14N2O3/c1-2-6-13-8-11(15)14-10-5-3-4-9(7-10)12(16)17/h2-5,7,13H,1,6,8H2,(H,14,15)(H,16,17). The fourth-order valence-electron chi connectivity index (χ4n) is 1.22. The molecule has 0 aliphatic carbocycles. The quantitative estimate of drug-likeness (QED) is 0.508. The van der Waals surface area contributed by atoms with E-state index in [2.05, 4.69) is 17.2 Å². The largest absolute Gasteiger partial charge is 0.478 e. The molecule has 1 amide bonds. The summed E-state index contributed by atoms with van der Waals surface area (Å²) in [5.41, 5.74) is 0.608. The summed E-state index contributed by atoms with van der Waals surface area (Å²) in [5, 5.41) is 14.2. The molecule has 0 aliphatic heterocycles. The van der Waals surface area contributed by atoms with Crippen LogP contribution in [0, 0.1) is 0 Å². The number of rotatable bonds is 6. The zero-order valence-corrected chi connectivity index (χ0v) is 9.27. The highest BCUT2D eigenvalue weighted by atomic mass is 16.4. The summed E-state index contributed by atoms with van der Waals surface area (Å²) in [6, 6.07) is 6.09. The van der Waals surface area contributed by atoms with Crippen LogP contribution in [-0.2, 0) is 4.79 Å². The second-order valence-corrected chi connectivity index (χ2v) is 3.35. The first kappa shape index (κ1) is 12.9. The molecule has 1 rings (SSSR count). The molecule has 0 atom stereocenters. The van der Waals surface area contributed by atoms with E-state index in [0.717, 1.165) is 0 Å². The number of nitrogens with one attached hydrogen (secondary N) is 2. The molecule has 0 fully saturated rings. The Bertz CT molecular complexity index is 430. The van der Waals surface area contributed by atoms with E-state index in [-0.39, 0.29) is 18.0 Å². The maximum Gasteiger partial charge on any atom is 0.335 e. The lowest BCUT2D eigenvalue weighted by atomic mass is 10.2. The minimum atomic E-state index is -1.02. The SMILES string of the molecule is C=CCNCC(=O)Nc1cccc(C(=O)O)c1. The van der Waals surface area contributed by atoms with Gasteiger partial charge < -0.3 is 15.7 Å². The minimum absolute atomic E-state index is 0.141. The Hall–Kier alpha value is -2.14. The van der Waals surface area contributed by atoms with Crippen molar-refractivity contribution in [3.05, 3.63) is 42.5 Å². The molecule has 0 aromatic heterocycles. The first-order valence-corrected chi connectivity index (χ1v) is 5.08. The molecule has 0 saturated heterocycles. The number of hydrogen-bond acceptors (Lipinski definition) is 3. The molecule has 17 heavy (non-hydrogen) atoms. The van der Waals surface area contributed by atoms with Crippen LogP contribution in [0.15, 0.2) is 36.9 Å². The highest BCUT2D eigenvalue weighted by Gasteiger charge is 2.05. The monoisotopic (exact) mass is 234 g/mol. The number of amides is 1. The highest BCUT2D eigenvalue weighted by molar-refractivity contribution is 5.94. The van der Waals surface area contributed by atoms with Crippen LogP contribution in [0.3, 0.4) is 0 Å². The number of anilines is 1. The van der Waals surface area contributed by atoms with Crippen LogP contribution in [0.25, 0.3) is 0 Å². The van der Waals surface area contributed by atoms with Crippen LogP contribution in [0.1, 0.15) is 10.4 Å². The van der Waals surface area contributed by atoms with E-state index in [4.69, 9.17) is 5.11 Å². The second-order valence-electron chi connectivity index (χ2n) is 3.35. The van der Waals surface area contributed by atoms with Crippen molar-refractivity contribution in [2.45, 2.75) is 0 Å². The number of hydrogen-bond donors (Lipinski definition) is 3. The topological polar surface area (TPSA) is 78.4 Å². The number of carbonyl (C=O) groups is 2. The predicted molar refractivity (Wildman–Crippen MR) is 65.1 cm³/mol. The summed E-state index contributed by atoms with van der Waals surface area (Å²) in [4.78, 5) is 22.1. The first-order chi connectivity index (χ1) is 8.13. The molecule has 0 saturated carbocycles. The Morgan fingerprint density at radius 1 is 1.41 bits per heavy atom. The van der Waals surface area contributed by atoms with Crippen molar-refractivity contribution in [2.24, 2.45) is 0 Å². The Kier molecular flexibility index (Phi) is 4.90. The van der Waals surface area contributed by atoms with Gasteiger partial charge >= 0.3 is 5.97 Å². The van der Waals surface area contributed by atoms with Crippen LogP contribution >= 0.6 is 0 Å². The van der Waals surface area contributed by atoms with Crippen molar-refractivity contribution in [3.63, 3.8) is 0 Å². The van der Waals surface area contributed by atoms with Gasteiger partial charge in [-0.15, -0.1) is 6.58 Å². The summed E-state index contributed by atoms with van der Waals surface area (Å²) < 4.78 is 0. The van der Waals surface area contributed by atoms with Gasteiger partial charge in [0, 0.05) is 12.2 Å².